The molecule has 3 aliphatic rings. The van der Waals surface area contributed by atoms with E-state index in [1.54, 1.807) is 0 Å². The number of piperidine rings is 1. The molecular formula is C11H19N3O. The van der Waals surface area contributed by atoms with E-state index in [1.807, 2.05) is 0 Å². The maximum atomic E-state index is 11.1. The number of hydrogen-bond acceptors (Lipinski definition) is 3. The monoisotopic (exact) mass is 209 g/mol. The summed E-state index contributed by atoms with van der Waals surface area (Å²) in [5.74, 6) is 0.145. The molecule has 2 bridgehead atoms. The van der Waals surface area contributed by atoms with E-state index in [0.29, 0.717) is 6.54 Å². The van der Waals surface area contributed by atoms with E-state index in [4.69, 9.17) is 0 Å². The van der Waals surface area contributed by atoms with Gasteiger partial charge in [-0.3, -0.25) is 4.79 Å². The Morgan fingerprint density at radius 1 is 1.33 bits per heavy atom. The van der Waals surface area contributed by atoms with Gasteiger partial charge in [-0.2, -0.15) is 0 Å². The Labute approximate surface area is 90.4 Å². The molecule has 2 N–H and O–H groups in total. The molecular weight excluding hydrogens is 190 g/mol. The molecule has 0 aromatic rings. The molecule has 84 valence electrons. The van der Waals surface area contributed by atoms with Crippen LogP contribution in [-0.4, -0.2) is 48.6 Å². The lowest BCUT2D eigenvalue weighted by Gasteiger charge is -2.47. The minimum absolute atomic E-state index is 0.145. The van der Waals surface area contributed by atoms with Gasteiger partial charge in [-0.25, -0.2) is 0 Å². The fourth-order valence-corrected chi connectivity index (χ4v) is 3.52. The Morgan fingerprint density at radius 2 is 2.00 bits per heavy atom. The molecule has 2 atom stereocenters. The van der Waals surface area contributed by atoms with Gasteiger partial charge in [-0.15, -0.1) is 0 Å². The van der Waals surface area contributed by atoms with E-state index < -0.39 is 0 Å². The van der Waals surface area contributed by atoms with Gasteiger partial charge in [0.1, 0.15) is 0 Å². The maximum absolute atomic E-state index is 11.1. The predicted molar refractivity (Wildman–Crippen MR) is 57.6 cm³/mol. The molecule has 3 aliphatic heterocycles. The molecule has 3 saturated heterocycles. The lowest BCUT2D eigenvalue weighted by atomic mass is 9.82. The van der Waals surface area contributed by atoms with Gasteiger partial charge in [0.25, 0.3) is 0 Å². The van der Waals surface area contributed by atoms with Gasteiger partial charge in [0.2, 0.25) is 5.91 Å². The minimum atomic E-state index is 0.145. The second kappa shape index (κ2) is 3.19. The number of nitrogens with zero attached hydrogens (tertiary/aromatic N) is 1. The van der Waals surface area contributed by atoms with Gasteiger partial charge in [0, 0.05) is 24.2 Å². The Kier molecular flexibility index (Phi) is 2.04. The van der Waals surface area contributed by atoms with E-state index >= 15 is 0 Å². The molecule has 2 unspecified atom stereocenters. The summed E-state index contributed by atoms with van der Waals surface area (Å²) in [5.41, 5.74) is 0.201. The van der Waals surface area contributed by atoms with Crippen LogP contribution in [0.2, 0.25) is 0 Å². The summed E-state index contributed by atoms with van der Waals surface area (Å²) < 4.78 is 0. The van der Waals surface area contributed by atoms with Crippen LogP contribution < -0.4 is 10.6 Å². The average molecular weight is 209 g/mol. The van der Waals surface area contributed by atoms with Crippen LogP contribution in [0.4, 0.5) is 0 Å². The maximum Gasteiger partial charge on any atom is 0.234 e. The van der Waals surface area contributed by atoms with Crippen molar-refractivity contribution in [3.63, 3.8) is 0 Å². The van der Waals surface area contributed by atoms with Crippen LogP contribution in [-0.2, 0) is 4.79 Å². The number of fused-ring (bicyclic) bond motifs is 2. The topological polar surface area (TPSA) is 44.4 Å². The smallest absolute Gasteiger partial charge is 0.234 e. The van der Waals surface area contributed by atoms with Crippen molar-refractivity contribution in [1.82, 2.24) is 15.5 Å². The van der Waals surface area contributed by atoms with Crippen molar-refractivity contribution in [2.75, 3.05) is 20.1 Å². The average Bonchev–Trinajstić information content (AvgIpc) is 2.49. The third kappa shape index (κ3) is 1.47. The molecule has 0 radical (unpaired) electrons. The first-order valence-corrected chi connectivity index (χ1v) is 5.92. The van der Waals surface area contributed by atoms with Crippen molar-refractivity contribution >= 4 is 5.91 Å². The van der Waals surface area contributed by atoms with Gasteiger partial charge >= 0.3 is 0 Å². The molecule has 0 aromatic carbocycles. The summed E-state index contributed by atoms with van der Waals surface area (Å²) in [6.07, 6.45) is 5.05. The summed E-state index contributed by atoms with van der Waals surface area (Å²) in [4.78, 5) is 13.7. The highest BCUT2D eigenvalue weighted by molar-refractivity contribution is 5.79. The van der Waals surface area contributed by atoms with Crippen molar-refractivity contribution in [2.45, 2.75) is 43.3 Å². The number of carbonyl (C=O) groups excluding carboxylic acids is 1. The number of hydrogen-bond donors (Lipinski definition) is 2. The molecule has 1 spiro atoms. The number of piperazine rings is 1. The third-order valence-electron chi connectivity index (χ3n) is 4.49. The standard InChI is InChI=1S/C11H19N3O/c1-14-8-2-3-9(14)5-11(4-8)7-12-10(15)6-13-11/h8-9,13H,2-7H2,1H3,(H,12,15). The number of carbonyl (C=O) groups is 1. The van der Waals surface area contributed by atoms with E-state index in [-0.39, 0.29) is 11.4 Å². The highest BCUT2D eigenvalue weighted by Crippen LogP contribution is 2.39. The van der Waals surface area contributed by atoms with Gasteiger partial charge in [0.05, 0.1) is 6.54 Å². The van der Waals surface area contributed by atoms with Gasteiger partial charge in [-0.05, 0) is 32.7 Å². The van der Waals surface area contributed by atoms with E-state index in [1.165, 1.54) is 25.7 Å². The first-order valence-electron chi connectivity index (χ1n) is 5.92. The summed E-state index contributed by atoms with van der Waals surface area (Å²) in [6, 6.07) is 1.46. The predicted octanol–water partition coefficient (Wildman–Crippen LogP) is -0.299. The van der Waals surface area contributed by atoms with E-state index in [9.17, 15) is 4.79 Å². The fraction of sp³-hybridized carbons (Fsp3) is 0.909. The SMILES string of the molecule is CN1C2CCC1CC1(CNC(=O)CN1)C2. The van der Waals surface area contributed by atoms with Crippen LogP contribution in [0.3, 0.4) is 0 Å². The Bertz CT molecular complexity index is 266. The van der Waals surface area contributed by atoms with Crippen molar-refractivity contribution < 1.29 is 4.79 Å². The summed E-state index contributed by atoms with van der Waals surface area (Å²) >= 11 is 0. The molecule has 1 amide bonds. The van der Waals surface area contributed by atoms with Gasteiger partial charge < -0.3 is 15.5 Å². The highest BCUT2D eigenvalue weighted by atomic mass is 16.2. The summed E-state index contributed by atoms with van der Waals surface area (Å²) in [6.45, 7) is 1.33. The molecule has 3 heterocycles. The summed E-state index contributed by atoms with van der Waals surface area (Å²) in [7, 11) is 2.25. The lowest BCUT2D eigenvalue weighted by Crippen LogP contribution is -2.66. The molecule has 4 nitrogen and oxygen atoms in total. The normalized spacial score (nSPS) is 45.8. The van der Waals surface area contributed by atoms with Crippen LogP contribution in [0.15, 0.2) is 0 Å². The van der Waals surface area contributed by atoms with Gasteiger partial charge in [0.15, 0.2) is 0 Å². The van der Waals surface area contributed by atoms with E-state index in [2.05, 4.69) is 22.6 Å². The van der Waals surface area contributed by atoms with Gasteiger partial charge in [-0.1, -0.05) is 0 Å². The molecule has 0 aliphatic carbocycles. The van der Waals surface area contributed by atoms with Crippen molar-refractivity contribution in [1.29, 1.82) is 0 Å². The number of nitrogens with one attached hydrogen (secondary N) is 2. The third-order valence-corrected chi connectivity index (χ3v) is 4.49. The Morgan fingerprint density at radius 3 is 2.53 bits per heavy atom. The Balaban J connectivity index is 1.76. The zero-order chi connectivity index (χ0) is 10.5. The first kappa shape index (κ1) is 9.60. The number of rotatable bonds is 0. The van der Waals surface area contributed by atoms with Crippen LogP contribution in [0.5, 0.6) is 0 Å². The fourth-order valence-electron chi connectivity index (χ4n) is 3.52. The Hall–Kier alpha value is -0.610. The zero-order valence-corrected chi connectivity index (χ0v) is 9.25. The van der Waals surface area contributed by atoms with Crippen molar-refractivity contribution in [3.05, 3.63) is 0 Å². The minimum Gasteiger partial charge on any atom is -0.353 e. The molecule has 0 aromatic heterocycles. The quantitative estimate of drug-likeness (QED) is 0.576. The molecule has 0 saturated carbocycles. The summed E-state index contributed by atoms with van der Waals surface area (Å²) in [5, 5.41) is 6.47. The van der Waals surface area contributed by atoms with Crippen LogP contribution >= 0.6 is 0 Å². The molecule has 15 heavy (non-hydrogen) atoms. The van der Waals surface area contributed by atoms with Crippen LogP contribution in [0.1, 0.15) is 25.7 Å². The van der Waals surface area contributed by atoms with Crippen LogP contribution in [0.25, 0.3) is 0 Å². The lowest BCUT2D eigenvalue weighted by molar-refractivity contribution is -0.123. The van der Waals surface area contributed by atoms with Crippen molar-refractivity contribution in [3.8, 4) is 0 Å². The second-order valence-corrected chi connectivity index (χ2v) is 5.37. The number of amides is 1. The molecule has 3 fully saturated rings. The van der Waals surface area contributed by atoms with Crippen molar-refractivity contribution in [2.24, 2.45) is 0 Å². The highest BCUT2D eigenvalue weighted by Gasteiger charge is 2.47. The molecule has 3 rings (SSSR count). The van der Waals surface area contributed by atoms with E-state index in [0.717, 1.165) is 18.6 Å². The van der Waals surface area contributed by atoms with Crippen LogP contribution in [0, 0.1) is 0 Å². The zero-order valence-electron chi connectivity index (χ0n) is 9.25. The second-order valence-electron chi connectivity index (χ2n) is 5.37. The molecule has 4 heteroatoms. The first-order chi connectivity index (χ1) is 7.19. The largest absolute Gasteiger partial charge is 0.353 e.